The van der Waals surface area contributed by atoms with E-state index in [9.17, 15) is 0 Å². The minimum atomic E-state index is -2.94. The lowest BCUT2D eigenvalue weighted by Crippen LogP contribution is -2.73. The first-order valence-corrected chi connectivity index (χ1v) is 21.4. The monoisotopic (exact) mass is 743 g/mol. The van der Waals surface area contributed by atoms with Crippen molar-refractivity contribution in [2.45, 2.75) is 0 Å². The summed E-state index contributed by atoms with van der Waals surface area (Å²) in [5.41, 5.74) is 10.4. The lowest BCUT2D eigenvalue weighted by atomic mass is 10.1. The van der Waals surface area contributed by atoms with Crippen molar-refractivity contribution in [2.75, 3.05) is 0 Å². The van der Waals surface area contributed by atoms with E-state index in [4.69, 9.17) is 14.4 Å². The van der Waals surface area contributed by atoms with Crippen molar-refractivity contribution in [1.29, 1.82) is 0 Å². The summed E-state index contributed by atoms with van der Waals surface area (Å²) in [5, 5.41) is 9.77. The Morgan fingerprint density at radius 2 is 1.05 bits per heavy atom. The Bertz CT molecular complexity index is 3310. The number of benzene rings is 8. The SMILES string of the molecule is c1ccc(-c2nc(-c3cccc(-n4c5ccccc5c5cc6oc7ccccc7c6cc54)c3)c3c(n2)-c2ccccc2[Si]3(c2ccccc2)c2ccccc2)cc1. The second-order valence-corrected chi connectivity index (χ2v) is 18.6. The summed E-state index contributed by atoms with van der Waals surface area (Å²) in [6.07, 6.45) is 0. The molecule has 0 atom stereocenters. The third kappa shape index (κ3) is 4.61. The highest BCUT2D eigenvalue weighted by Crippen LogP contribution is 2.40. The lowest BCUT2D eigenvalue weighted by Gasteiger charge is -2.32. The van der Waals surface area contributed by atoms with Crippen LogP contribution in [0.15, 0.2) is 205 Å². The first kappa shape index (κ1) is 32.0. The van der Waals surface area contributed by atoms with Gasteiger partial charge in [0.15, 0.2) is 13.9 Å². The highest BCUT2D eigenvalue weighted by atomic mass is 28.3. The van der Waals surface area contributed by atoms with Crippen LogP contribution in [0.1, 0.15) is 0 Å². The zero-order valence-corrected chi connectivity index (χ0v) is 31.8. The molecule has 0 fully saturated rings. The van der Waals surface area contributed by atoms with Crippen LogP contribution in [0.25, 0.3) is 83.3 Å². The molecule has 11 aromatic rings. The van der Waals surface area contributed by atoms with Crippen molar-refractivity contribution in [3.63, 3.8) is 0 Å². The van der Waals surface area contributed by atoms with Crippen LogP contribution >= 0.6 is 0 Å². The van der Waals surface area contributed by atoms with Gasteiger partial charge in [0, 0.05) is 49.1 Å². The van der Waals surface area contributed by atoms with Crippen molar-refractivity contribution < 1.29 is 4.42 Å². The predicted molar refractivity (Wildman–Crippen MR) is 237 cm³/mol. The Balaban J connectivity index is 1.18. The molecule has 266 valence electrons. The summed E-state index contributed by atoms with van der Waals surface area (Å²) in [5.74, 6) is 0.724. The van der Waals surface area contributed by atoms with Gasteiger partial charge in [-0.15, -0.1) is 0 Å². The molecule has 4 nitrogen and oxygen atoms in total. The molecule has 57 heavy (non-hydrogen) atoms. The molecule has 0 bridgehead atoms. The highest BCUT2D eigenvalue weighted by molar-refractivity contribution is 7.22. The number of hydrogen-bond acceptors (Lipinski definition) is 3. The number of aromatic nitrogens is 3. The minimum absolute atomic E-state index is 0.724. The zero-order chi connectivity index (χ0) is 37.5. The fourth-order valence-corrected chi connectivity index (χ4v) is 14.7. The molecule has 8 aromatic carbocycles. The van der Waals surface area contributed by atoms with Gasteiger partial charge in [-0.25, -0.2) is 9.97 Å². The standard InChI is InChI=1S/C52H33N3OSi/c1-4-17-34(18-5-1)52-53-49(51-50(54-52)41-27-12-15-30-48(41)57(51,37-21-6-2-7-22-37)38-23-8-3-9-24-38)35-19-16-20-36(31-35)55-44-28-13-10-25-39(44)42-33-47-43(32-45(42)55)40-26-11-14-29-46(40)56-47/h1-33H. The third-order valence-electron chi connectivity index (χ3n) is 11.9. The van der Waals surface area contributed by atoms with E-state index in [1.54, 1.807) is 0 Å². The zero-order valence-electron chi connectivity index (χ0n) is 30.8. The van der Waals surface area contributed by atoms with Gasteiger partial charge in [0.2, 0.25) is 0 Å². The van der Waals surface area contributed by atoms with Crippen LogP contribution in [0.3, 0.4) is 0 Å². The van der Waals surface area contributed by atoms with E-state index in [0.717, 1.165) is 72.4 Å². The summed E-state index contributed by atoms with van der Waals surface area (Å²) in [6, 6.07) is 72.0. The van der Waals surface area contributed by atoms with Gasteiger partial charge in [-0.2, -0.15) is 0 Å². The van der Waals surface area contributed by atoms with E-state index < -0.39 is 8.07 Å². The Labute approximate surface area is 330 Å². The van der Waals surface area contributed by atoms with E-state index >= 15 is 0 Å². The summed E-state index contributed by atoms with van der Waals surface area (Å²) in [6.45, 7) is 0. The largest absolute Gasteiger partial charge is 0.456 e. The molecule has 12 rings (SSSR count). The molecule has 5 heteroatoms. The molecule has 0 aliphatic carbocycles. The Kier molecular flexibility index (Phi) is 6.91. The molecule has 1 aliphatic rings. The summed E-state index contributed by atoms with van der Waals surface area (Å²) < 4.78 is 8.80. The summed E-state index contributed by atoms with van der Waals surface area (Å²) >= 11 is 0. The highest BCUT2D eigenvalue weighted by Gasteiger charge is 2.51. The minimum Gasteiger partial charge on any atom is -0.456 e. The quantitative estimate of drug-likeness (QED) is 0.165. The van der Waals surface area contributed by atoms with Gasteiger partial charge >= 0.3 is 0 Å². The van der Waals surface area contributed by atoms with Gasteiger partial charge in [0.1, 0.15) is 11.2 Å². The number of para-hydroxylation sites is 2. The molecule has 0 saturated carbocycles. The maximum atomic E-state index is 6.39. The molecule has 0 radical (unpaired) electrons. The molecule has 3 aromatic heterocycles. The average molecular weight is 744 g/mol. The van der Waals surface area contributed by atoms with E-state index in [1.807, 2.05) is 18.2 Å². The van der Waals surface area contributed by atoms with Crippen molar-refractivity contribution in [3.05, 3.63) is 200 Å². The van der Waals surface area contributed by atoms with E-state index in [2.05, 4.69) is 187 Å². The van der Waals surface area contributed by atoms with Crippen LogP contribution in [0.4, 0.5) is 0 Å². The third-order valence-corrected chi connectivity index (χ3v) is 16.7. The fourth-order valence-electron chi connectivity index (χ4n) is 9.49. The summed E-state index contributed by atoms with van der Waals surface area (Å²) in [4.78, 5) is 11.1. The molecular weight excluding hydrogens is 711 g/mol. The van der Waals surface area contributed by atoms with Gasteiger partial charge in [-0.05, 0) is 52.0 Å². The van der Waals surface area contributed by atoms with Crippen molar-refractivity contribution >= 4 is 72.6 Å². The van der Waals surface area contributed by atoms with Crippen LogP contribution in [-0.4, -0.2) is 22.6 Å². The molecule has 0 spiro atoms. The number of furan rings is 1. The number of rotatable bonds is 5. The van der Waals surface area contributed by atoms with Gasteiger partial charge < -0.3 is 8.98 Å². The van der Waals surface area contributed by atoms with Crippen molar-refractivity contribution in [3.8, 4) is 39.6 Å². The van der Waals surface area contributed by atoms with Crippen LogP contribution < -0.4 is 20.7 Å². The smallest absolute Gasteiger partial charge is 0.185 e. The van der Waals surface area contributed by atoms with Gasteiger partial charge in [-0.3, -0.25) is 0 Å². The second kappa shape index (κ2) is 12.3. The molecule has 0 amide bonds. The van der Waals surface area contributed by atoms with Crippen LogP contribution in [0.5, 0.6) is 0 Å². The average Bonchev–Trinajstić information content (AvgIpc) is 3.92. The van der Waals surface area contributed by atoms with Gasteiger partial charge in [0.25, 0.3) is 0 Å². The summed E-state index contributed by atoms with van der Waals surface area (Å²) in [7, 11) is -2.94. The number of hydrogen-bond donors (Lipinski definition) is 0. The van der Waals surface area contributed by atoms with Crippen LogP contribution in [0.2, 0.25) is 0 Å². The lowest BCUT2D eigenvalue weighted by molar-refractivity contribution is 0.669. The second-order valence-electron chi connectivity index (χ2n) is 14.9. The van der Waals surface area contributed by atoms with Crippen molar-refractivity contribution in [1.82, 2.24) is 14.5 Å². The Morgan fingerprint density at radius 1 is 0.421 bits per heavy atom. The Morgan fingerprint density at radius 3 is 1.84 bits per heavy atom. The van der Waals surface area contributed by atoms with Gasteiger partial charge in [-0.1, -0.05) is 164 Å². The first-order chi connectivity index (χ1) is 28.3. The van der Waals surface area contributed by atoms with Gasteiger partial charge in [0.05, 0.1) is 22.4 Å². The molecule has 0 unspecified atom stereocenters. The van der Waals surface area contributed by atoms with E-state index in [-0.39, 0.29) is 0 Å². The topological polar surface area (TPSA) is 43.9 Å². The maximum absolute atomic E-state index is 6.39. The number of nitrogens with zero attached hydrogens (tertiary/aromatic N) is 3. The molecular formula is C52H33N3OSi. The number of fused-ring (bicyclic) bond motifs is 9. The predicted octanol–water partition coefficient (Wildman–Crippen LogP) is 10.2. The molecule has 0 N–H and O–H groups in total. The fraction of sp³-hybridized carbons (Fsp3) is 0. The van der Waals surface area contributed by atoms with E-state index in [0.29, 0.717) is 0 Å². The first-order valence-electron chi connectivity index (χ1n) is 19.4. The molecule has 0 saturated heterocycles. The van der Waals surface area contributed by atoms with E-state index in [1.165, 1.54) is 31.7 Å². The Hall–Kier alpha value is -7.34. The molecule has 4 heterocycles. The van der Waals surface area contributed by atoms with Crippen LogP contribution in [0, 0.1) is 0 Å². The maximum Gasteiger partial charge on any atom is 0.185 e. The van der Waals surface area contributed by atoms with Crippen LogP contribution in [-0.2, 0) is 0 Å². The normalized spacial score (nSPS) is 13.1. The van der Waals surface area contributed by atoms with Crippen molar-refractivity contribution in [2.24, 2.45) is 0 Å². The molecule has 1 aliphatic heterocycles.